The third kappa shape index (κ3) is 5.11. The van der Waals surface area contributed by atoms with Gasteiger partial charge in [0.2, 0.25) is 5.91 Å². The van der Waals surface area contributed by atoms with Gasteiger partial charge in [0, 0.05) is 25.6 Å². The monoisotopic (exact) mass is 466 g/mol. The fraction of sp³-hybridized carbons (Fsp3) is 0.276. The van der Waals surface area contributed by atoms with Crippen LogP contribution in [-0.2, 0) is 17.9 Å². The second-order valence-corrected chi connectivity index (χ2v) is 9.27. The highest BCUT2D eigenvalue weighted by atomic mass is 16.2. The van der Waals surface area contributed by atoms with E-state index in [-0.39, 0.29) is 17.4 Å². The summed E-state index contributed by atoms with van der Waals surface area (Å²) in [6.07, 6.45) is 1.40. The Balaban J connectivity index is 1.33. The normalized spacial score (nSPS) is 14.3. The standard InChI is InChI=1S/C29H30N4O2/c1-21-11-13-23(14-12-21)20-33-26-10-6-5-9-25(26)31-27(29(33)35)32-17-15-24(16-18-32)28(34)30-19-22-7-3-2-4-8-22/h2-14,24H,15-20H2,1H3,(H,30,34). The third-order valence-electron chi connectivity index (χ3n) is 6.77. The number of fused-ring (bicyclic) bond motifs is 1. The van der Waals surface area contributed by atoms with Crippen LogP contribution in [0.15, 0.2) is 83.7 Å². The number of rotatable bonds is 6. The molecule has 0 atom stereocenters. The molecule has 178 valence electrons. The SMILES string of the molecule is Cc1ccc(Cn2c(=O)c(N3CCC(C(=O)NCc4ccccc4)CC3)nc3ccccc32)cc1. The molecule has 1 aliphatic heterocycles. The van der Waals surface area contributed by atoms with Gasteiger partial charge in [0.25, 0.3) is 5.56 Å². The van der Waals surface area contributed by atoms with E-state index in [2.05, 4.69) is 36.5 Å². The fourth-order valence-corrected chi connectivity index (χ4v) is 4.70. The summed E-state index contributed by atoms with van der Waals surface area (Å²) in [5.41, 5.74) is 4.91. The lowest BCUT2D eigenvalue weighted by atomic mass is 9.96. The van der Waals surface area contributed by atoms with Crippen molar-refractivity contribution in [1.29, 1.82) is 0 Å². The number of carbonyl (C=O) groups excluding carboxylic acids is 1. The van der Waals surface area contributed by atoms with E-state index in [1.54, 1.807) is 0 Å². The van der Waals surface area contributed by atoms with Crippen molar-refractivity contribution in [2.45, 2.75) is 32.9 Å². The number of carbonyl (C=O) groups is 1. The lowest BCUT2D eigenvalue weighted by Crippen LogP contribution is -2.43. The molecule has 5 rings (SSSR count). The van der Waals surface area contributed by atoms with E-state index in [4.69, 9.17) is 4.98 Å². The first kappa shape index (κ1) is 22.8. The van der Waals surface area contributed by atoms with Gasteiger partial charge in [-0.2, -0.15) is 0 Å². The number of aryl methyl sites for hydroxylation is 1. The summed E-state index contributed by atoms with van der Waals surface area (Å²) in [5.74, 6) is 0.501. The van der Waals surface area contributed by atoms with Crippen molar-refractivity contribution >= 4 is 22.8 Å². The van der Waals surface area contributed by atoms with Crippen molar-refractivity contribution in [2.24, 2.45) is 5.92 Å². The molecular formula is C29H30N4O2. The van der Waals surface area contributed by atoms with Gasteiger partial charge in [-0.15, -0.1) is 0 Å². The zero-order valence-electron chi connectivity index (χ0n) is 20.0. The molecule has 4 aromatic rings. The molecule has 2 heterocycles. The molecule has 3 aromatic carbocycles. The Bertz CT molecular complexity index is 1370. The number of anilines is 1. The van der Waals surface area contributed by atoms with Crippen LogP contribution in [0.2, 0.25) is 0 Å². The molecule has 0 radical (unpaired) electrons. The number of amides is 1. The summed E-state index contributed by atoms with van der Waals surface area (Å²) in [7, 11) is 0. The van der Waals surface area contributed by atoms with Crippen LogP contribution in [0.1, 0.15) is 29.5 Å². The first-order valence-electron chi connectivity index (χ1n) is 12.2. The van der Waals surface area contributed by atoms with Gasteiger partial charge >= 0.3 is 0 Å². The summed E-state index contributed by atoms with van der Waals surface area (Å²) in [6, 6.07) is 26.0. The van der Waals surface area contributed by atoms with Gasteiger partial charge in [-0.1, -0.05) is 72.3 Å². The Labute approximate surface area is 205 Å². The predicted molar refractivity (Wildman–Crippen MR) is 140 cm³/mol. The first-order chi connectivity index (χ1) is 17.1. The number of nitrogens with zero attached hydrogens (tertiary/aromatic N) is 3. The van der Waals surface area contributed by atoms with Crippen LogP contribution >= 0.6 is 0 Å². The number of piperidine rings is 1. The predicted octanol–water partition coefficient (Wildman–Crippen LogP) is 4.29. The van der Waals surface area contributed by atoms with Gasteiger partial charge in [-0.05, 0) is 43.0 Å². The zero-order chi connectivity index (χ0) is 24.2. The van der Waals surface area contributed by atoms with E-state index < -0.39 is 0 Å². The Morgan fingerprint density at radius 2 is 1.60 bits per heavy atom. The lowest BCUT2D eigenvalue weighted by Gasteiger charge is -2.32. The van der Waals surface area contributed by atoms with Gasteiger partial charge in [-0.25, -0.2) is 4.98 Å². The summed E-state index contributed by atoms with van der Waals surface area (Å²) in [5, 5.41) is 3.06. The highest BCUT2D eigenvalue weighted by Gasteiger charge is 2.27. The molecule has 35 heavy (non-hydrogen) atoms. The summed E-state index contributed by atoms with van der Waals surface area (Å²) in [4.78, 5) is 33.1. The van der Waals surface area contributed by atoms with E-state index in [0.29, 0.717) is 44.8 Å². The molecule has 1 N–H and O–H groups in total. The summed E-state index contributed by atoms with van der Waals surface area (Å²) >= 11 is 0. The highest BCUT2D eigenvalue weighted by Crippen LogP contribution is 2.22. The first-order valence-corrected chi connectivity index (χ1v) is 12.2. The molecule has 6 nitrogen and oxygen atoms in total. The van der Waals surface area contributed by atoms with Crippen LogP contribution in [-0.4, -0.2) is 28.5 Å². The van der Waals surface area contributed by atoms with Crippen molar-refractivity contribution in [3.05, 3.63) is 106 Å². The minimum Gasteiger partial charge on any atom is -0.352 e. The van der Waals surface area contributed by atoms with Gasteiger partial charge < -0.3 is 10.2 Å². The molecule has 0 unspecified atom stereocenters. The molecule has 1 amide bonds. The Morgan fingerprint density at radius 3 is 2.34 bits per heavy atom. The maximum Gasteiger partial charge on any atom is 0.294 e. The number of aromatic nitrogens is 2. The lowest BCUT2D eigenvalue weighted by molar-refractivity contribution is -0.125. The number of hydrogen-bond acceptors (Lipinski definition) is 4. The van der Waals surface area contributed by atoms with E-state index in [0.717, 1.165) is 22.2 Å². The molecule has 0 spiro atoms. The molecule has 1 fully saturated rings. The topological polar surface area (TPSA) is 67.2 Å². The summed E-state index contributed by atoms with van der Waals surface area (Å²) in [6.45, 7) is 4.36. The Kier molecular flexibility index (Phi) is 6.62. The minimum absolute atomic E-state index is 0.0507. The molecule has 6 heteroatoms. The number of hydrogen-bond donors (Lipinski definition) is 1. The van der Waals surface area contributed by atoms with E-state index >= 15 is 0 Å². The van der Waals surface area contributed by atoms with E-state index in [9.17, 15) is 9.59 Å². The van der Waals surface area contributed by atoms with Crippen LogP contribution in [0.25, 0.3) is 11.0 Å². The summed E-state index contributed by atoms with van der Waals surface area (Å²) < 4.78 is 1.82. The maximum absolute atomic E-state index is 13.6. The highest BCUT2D eigenvalue weighted by molar-refractivity contribution is 5.79. The van der Waals surface area contributed by atoms with Crippen molar-refractivity contribution < 1.29 is 4.79 Å². The third-order valence-corrected chi connectivity index (χ3v) is 6.77. The molecule has 0 aliphatic carbocycles. The average molecular weight is 467 g/mol. The zero-order valence-corrected chi connectivity index (χ0v) is 20.0. The van der Waals surface area contributed by atoms with Gasteiger partial charge in [-0.3, -0.25) is 14.2 Å². The van der Waals surface area contributed by atoms with Gasteiger partial charge in [0.15, 0.2) is 5.82 Å². The van der Waals surface area contributed by atoms with Crippen LogP contribution < -0.4 is 15.8 Å². The molecule has 1 aliphatic rings. The van der Waals surface area contributed by atoms with Crippen LogP contribution in [0.5, 0.6) is 0 Å². The minimum atomic E-state index is -0.0868. The van der Waals surface area contributed by atoms with E-state index in [1.165, 1.54) is 5.56 Å². The molecule has 1 aromatic heterocycles. The fourth-order valence-electron chi connectivity index (χ4n) is 4.70. The number of nitrogens with one attached hydrogen (secondary N) is 1. The van der Waals surface area contributed by atoms with Crippen LogP contribution in [0.4, 0.5) is 5.82 Å². The Hall–Kier alpha value is -3.93. The van der Waals surface area contributed by atoms with Crippen LogP contribution in [0.3, 0.4) is 0 Å². The molecule has 0 saturated carbocycles. The van der Waals surface area contributed by atoms with E-state index in [1.807, 2.05) is 64.1 Å². The van der Waals surface area contributed by atoms with Crippen molar-refractivity contribution in [2.75, 3.05) is 18.0 Å². The second kappa shape index (κ2) is 10.1. The molecule has 1 saturated heterocycles. The smallest absolute Gasteiger partial charge is 0.294 e. The van der Waals surface area contributed by atoms with Gasteiger partial charge in [0.05, 0.1) is 17.6 Å². The van der Waals surface area contributed by atoms with Crippen molar-refractivity contribution in [1.82, 2.24) is 14.9 Å². The Morgan fingerprint density at radius 1 is 0.914 bits per heavy atom. The number of benzene rings is 3. The maximum atomic E-state index is 13.6. The van der Waals surface area contributed by atoms with Gasteiger partial charge in [0.1, 0.15) is 0 Å². The van der Waals surface area contributed by atoms with Crippen molar-refractivity contribution in [3.63, 3.8) is 0 Å². The second-order valence-electron chi connectivity index (χ2n) is 9.27. The number of para-hydroxylation sites is 2. The average Bonchev–Trinajstić information content (AvgIpc) is 2.90. The quantitative estimate of drug-likeness (QED) is 0.461. The molecular weight excluding hydrogens is 436 g/mol. The molecule has 0 bridgehead atoms. The van der Waals surface area contributed by atoms with Crippen LogP contribution in [0, 0.1) is 12.8 Å². The largest absolute Gasteiger partial charge is 0.352 e. The van der Waals surface area contributed by atoms with Crippen molar-refractivity contribution in [3.8, 4) is 0 Å².